The minimum absolute atomic E-state index is 0.693. The molecule has 1 fully saturated rings. The van der Waals surface area contributed by atoms with Gasteiger partial charge in [-0.25, -0.2) is 9.97 Å². The summed E-state index contributed by atoms with van der Waals surface area (Å²) in [6, 6.07) is 2.67. The molecule has 0 atom stereocenters. The fourth-order valence-electron chi connectivity index (χ4n) is 2.74. The van der Waals surface area contributed by atoms with Crippen molar-refractivity contribution in [1.29, 1.82) is 0 Å². The quantitative estimate of drug-likeness (QED) is 0.849. The van der Waals surface area contributed by atoms with Gasteiger partial charge in [-0.05, 0) is 37.7 Å². The summed E-state index contributed by atoms with van der Waals surface area (Å²) in [5, 5.41) is 3.61. The van der Waals surface area contributed by atoms with Gasteiger partial charge in [0.15, 0.2) is 0 Å². The fraction of sp³-hybridized carbons (Fsp3) is 0.714. The van der Waals surface area contributed by atoms with Crippen molar-refractivity contribution in [1.82, 2.24) is 15.3 Å². The van der Waals surface area contributed by atoms with Crippen molar-refractivity contribution in [2.45, 2.75) is 58.0 Å². The van der Waals surface area contributed by atoms with Crippen LogP contribution in [0.1, 0.15) is 51.1 Å². The molecule has 0 aliphatic heterocycles. The molecule has 1 saturated carbocycles. The topological polar surface area (TPSA) is 37.8 Å². The summed E-state index contributed by atoms with van der Waals surface area (Å²) in [5.74, 6) is 0.983. The van der Waals surface area contributed by atoms with E-state index in [4.69, 9.17) is 0 Å². The van der Waals surface area contributed by atoms with Crippen LogP contribution in [0, 0.1) is 5.92 Å². The van der Waals surface area contributed by atoms with Gasteiger partial charge in [0.25, 0.3) is 0 Å². The zero-order valence-electron chi connectivity index (χ0n) is 10.7. The van der Waals surface area contributed by atoms with Crippen LogP contribution in [0.4, 0.5) is 0 Å². The van der Waals surface area contributed by atoms with E-state index in [9.17, 15) is 0 Å². The van der Waals surface area contributed by atoms with E-state index in [0.717, 1.165) is 18.2 Å². The fourth-order valence-corrected chi connectivity index (χ4v) is 2.74. The largest absolute Gasteiger partial charge is 0.308 e. The van der Waals surface area contributed by atoms with Crippen LogP contribution in [0.3, 0.4) is 0 Å². The maximum absolute atomic E-state index is 4.23. The highest BCUT2D eigenvalue weighted by atomic mass is 14.9. The molecule has 0 unspecified atom stereocenters. The Hall–Kier alpha value is -0.960. The van der Waals surface area contributed by atoms with Crippen molar-refractivity contribution in [3.05, 3.63) is 24.3 Å². The third-order valence-corrected chi connectivity index (χ3v) is 3.76. The van der Waals surface area contributed by atoms with Crippen LogP contribution in [-0.4, -0.2) is 16.0 Å². The molecular weight excluding hydrogens is 210 g/mol. The number of nitrogens with zero attached hydrogens (tertiary/aromatic N) is 2. The van der Waals surface area contributed by atoms with E-state index in [1.807, 2.05) is 12.3 Å². The number of nitrogens with one attached hydrogen (secondary N) is 1. The Morgan fingerprint density at radius 2 is 2.12 bits per heavy atom. The molecule has 2 rings (SSSR count). The van der Waals surface area contributed by atoms with Crippen LogP contribution in [0.5, 0.6) is 0 Å². The Morgan fingerprint density at radius 1 is 1.29 bits per heavy atom. The van der Waals surface area contributed by atoms with Crippen LogP contribution in [-0.2, 0) is 6.54 Å². The average Bonchev–Trinajstić information content (AvgIpc) is 2.40. The third-order valence-electron chi connectivity index (χ3n) is 3.76. The zero-order valence-corrected chi connectivity index (χ0v) is 10.7. The maximum Gasteiger partial charge on any atom is 0.115 e. The van der Waals surface area contributed by atoms with Crippen molar-refractivity contribution in [3.63, 3.8) is 0 Å². The molecule has 1 aromatic rings. The van der Waals surface area contributed by atoms with Gasteiger partial charge in [-0.15, -0.1) is 0 Å². The molecule has 1 N–H and O–H groups in total. The molecule has 1 heterocycles. The van der Waals surface area contributed by atoms with E-state index in [0.29, 0.717) is 6.04 Å². The monoisotopic (exact) mass is 233 g/mol. The van der Waals surface area contributed by atoms with Gasteiger partial charge in [-0.1, -0.05) is 19.8 Å². The normalized spacial score (nSPS) is 24.8. The molecular formula is C14H23N3. The Bertz CT molecular complexity index is 305. The zero-order chi connectivity index (χ0) is 11.9. The van der Waals surface area contributed by atoms with Crippen LogP contribution in [0.25, 0.3) is 0 Å². The summed E-state index contributed by atoms with van der Waals surface area (Å²) in [6.45, 7) is 3.17. The highest BCUT2D eigenvalue weighted by molar-refractivity contribution is 4.97. The van der Waals surface area contributed by atoms with Crippen LogP contribution in [0.15, 0.2) is 18.6 Å². The van der Waals surface area contributed by atoms with Gasteiger partial charge >= 0.3 is 0 Å². The van der Waals surface area contributed by atoms with Gasteiger partial charge < -0.3 is 5.32 Å². The number of hydrogen-bond donors (Lipinski definition) is 1. The summed E-state index contributed by atoms with van der Waals surface area (Å²) in [4.78, 5) is 8.17. The lowest BCUT2D eigenvalue weighted by Crippen LogP contribution is -2.32. The van der Waals surface area contributed by atoms with E-state index < -0.39 is 0 Å². The van der Waals surface area contributed by atoms with E-state index in [2.05, 4.69) is 22.2 Å². The van der Waals surface area contributed by atoms with Crippen LogP contribution < -0.4 is 5.32 Å². The van der Waals surface area contributed by atoms with Gasteiger partial charge in [0, 0.05) is 18.8 Å². The molecule has 0 saturated heterocycles. The molecule has 1 aliphatic rings. The highest BCUT2D eigenvalue weighted by Gasteiger charge is 2.19. The van der Waals surface area contributed by atoms with E-state index in [1.165, 1.54) is 38.5 Å². The molecule has 3 nitrogen and oxygen atoms in total. The summed E-state index contributed by atoms with van der Waals surface area (Å²) in [5.41, 5.74) is 1.09. The Balaban J connectivity index is 1.68. The highest BCUT2D eigenvalue weighted by Crippen LogP contribution is 2.27. The summed E-state index contributed by atoms with van der Waals surface area (Å²) in [6.07, 6.45) is 11.6. The smallest absolute Gasteiger partial charge is 0.115 e. The van der Waals surface area contributed by atoms with Crippen molar-refractivity contribution in [2.24, 2.45) is 5.92 Å². The molecule has 0 aromatic carbocycles. The Morgan fingerprint density at radius 3 is 2.76 bits per heavy atom. The van der Waals surface area contributed by atoms with Crippen molar-refractivity contribution < 1.29 is 0 Å². The minimum atomic E-state index is 0.693. The molecule has 0 spiro atoms. The van der Waals surface area contributed by atoms with Gasteiger partial charge in [0.05, 0.1) is 5.69 Å². The first-order valence-corrected chi connectivity index (χ1v) is 6.86. The van der Waals surface area contributed by atoms with Crippen LogP contribution in [0.2, 0.25) is 0 Å². The van der Waals surface area contributed by atoms with Crippen LogP contribution >= 0.6 is 0 Å². The lowest BCUT2D eigenvalue weighted by Gasteiger charge is -2.29. The maximum atomic E-state index is 4.23. The molecule has 0 amide bonds. The van der Waals surface area contributed by atoms with Crippen molar-refractivity contribution in [3.8, 4) is 0 Å². The van der Waals surface area contributed by atoms with Gasteiger partial charge in [0.1, 0.15) is 6.33 Å². The second-order valence-electron chi connectivity index (χ2n) is 5.09. The Kier molecular flexibility index (Phi) is 4.92. The second-order valence-corrected chi connectivity index (χ2v) is 5.09. The number of rotatable bonds is 5. The number of hydrogen-bond acceptors (Lipinski definition) is 3. The van der Waals surface area contributed by atoms with Gasteiger partial charge in [-0.2, -0.15) is 0 Å². The number of aromatic nitrogens is 2. The first-order chi connectivity index (χ1) is 8.38. The average molecular weight is 233 g/mol. The molecule has 94 valence electrons. The molecule has 0 bridgehead atoms. The molecule has 17 heavy (non-hydrogen) atoms. The minimum Gasteiger partial charge on any atom is -0.308 e. The summed E-state index contributed by atoms with van der Waals surface area (Å²) in [7, 11) is 0. The molecule has 1 aromatic heterocycles. The lowest BCUT2D eigenvalue weighted by atomic mass is 9.83. The SMILES string of the molecule is CCCC1CCC(NCc2ccncn2)CC1. The standard InChI is InChI=1S/C14H23N3/c1-2-3-12-4-6-13(7-5-12)16-10-14-8-9-15-11-17-14/h8-9,11-13,16H,2-7,10H2,1H3. The molecule has 3 heteroatoms. The predicted octanol–water partition coefficient (Wildman–Crippen LogP) is 2.93. The van der Waals surface area contributed by atoms with E-state index in [-0.39, 0.29) is 0 Å². The van der Waals surface area contributed by atoms with E-state index in [1.54, 1.807) is 6.33 Å². The van der Waals surface area contributed by atoms with Gasteiger partial charge in [0.2, 0.25) is 0 Å². The van der Waals surface area contributed by atoms with Gasteiger partial charge in [-0.3, -0.25) is 0 Å². The predicted molar refractivity (Wildman–Crippen MR) is 69.5 cm³/mol. The first kappa shape index (κ1) is 12.5. The molecule has 0 radical (unpaired) electrons. The molecule has 1 aliphatic carbocycles. The Labute approximate surface area is 104 Å². The van der Waals surface area contributed by atoms with E-state index >= 15 is 0 Å². The second kappa shape index (κ2) is 6.70. The summed E-state index contributed by atoms with van der Waals surface area (Å²) < 4.78 is 0. The lowest BCUT2D eigenvalue weighted by molar-refractivity contribution is 0.277. The third kappa shape index (κ3) is 4.08. The van der Waals surface area contributed by atoms with Crippen molar-refractivity contribution >= 4 is 0 Å². The first-order valence-electron chi connectivity index (χ1n) is 6.86. The summed E-state index contributed by atoms with van der Waals surface area (Å²) >= 11 is 0. The van der Waals surface area contributed by atoms with Crippen molar-refractivity contribution in [2.75, 3.05) is 0 Å².